The van der Waals surface area contributed by atoms with Crippen LogP contribution in [0.2, 0.25) is 0 Å². The fraction of sp³-hybridized carbons (Fsp3) is 0.136. The molecular weight excluding hydrogens is 484 g/mol. The van der Waals surface area contributed by atoms with Gasteiger partial charge in [0.15, 0.2) is 11.5 Å². The molecule has 9 heteroatoms. The number of halogens is 1. The topological polar surface area (TPSA) is 95.9 Å². The normalized spacial score (nSPS) is 14.8. The van der Waals surface area contributed by atoms with Crippen LogP contribution in [0.4, 0.5) is 10.5 Å². The molecule has 1 aliphatic rings. The number of phenols is 1. The Balaban J connectivity index is 1.79. The van der Waals surface area contributed by atoms with Gasteiger partial charge in [-0.3, -0.25) is 19.3 Å². The van der Waals surface area contributed by atoms with E-state index in [1.54, 1.807) is 42.5 Å². The lowest BCUT2D eigenvalue weighted by atomic mass is 10.1. The molecule has 0 aromatic heterocycles. The van der Waals surface area contributed by atoms with Crippen LogP contribution in [0.1, 0.15) is 11.1 Å². The van der Waals surface area contributed by atoms with Gasteiger partial charge in [0.1, 0.15) is 6.54 Å². The van der Waals surface area contributed by atoms with Crippen LogP contribution in [0.3, 0.4) is 0 Å². The van der Waals surface area contributed by atoms with Gasteiger partial charge >= 0.3 is 0 Å². The van der Waals surface area contributed by atoms with Crippen molar-refractivity contribution in [2.24, 2.45) is 0 Å². The molecule has 1 fully saturated rings. The van der Waals surface area contributed by atoms with Gasteiger partial charge < -0.3 is 15.2 Å². The summed E-state index contributed by atoms with van der Waals surface area (Å²) in [5.41, 5.74) is 1.70. The Kier molecular flexibility index (Phi) is 7.19. The first-order chi connectivity index (χ1) is 14.8. The number of nitrogens with zero attached hydrogens (tertiary/aromatic N) is 1. The summed E-state index contributed by atoms with van der Waals surface area (Å²) in [6, 6.07) is 10.3. The van der Waals surface area contributed by atoms with Gasteiger partial charge in [-0.25, -0.2) is 0 Å². The number of phenolic OH excluding ortho intramolecular Hbond substituents is 1. The summed E-state index contributed by atoms with van der Waals surface area (Å²) >= 11 is 4.08. The summed E-state index contributed by atoms with van der Waals surface area (Å²) in [5.74, 6) is -0.807. The standard InChI is InChI=1S/C22H19BrN2O5S/c1-3-6-14-9-13(10-17(30-2)20(14)27)11-18-21(28)25(22(29)31-18)12-19(26)24-16-8-5-4-7-15(16)23/h3-5,7-11,27H,1,6,12H2,2H3,(H,24,26)/b18-11-. The molecule has 2 aromatic carbocycles. The zero-order chi connectivity index (χ0) is 22.5. The molecular formula is C22H19BrN2O5S. The summed E-state index contributed by atoms with van der Waals surface area (Å²) in [6.07, 6.45) is 3.57. The molecule has 1 heterocycles. The number of imide groups is 1. The summed E-state index contributed by atoms with van der Waals surface area (Å²) in [4.78, 5) is 38.5. The Labute approximate surface area is 191 Å². The van der Waals surface area contributed by atoms with E-state index in [4.69, 9.17) is 4.74 Å². The lowest BCUT2D eigenvalue weighted by Gasteiger charge is -2.13. The fourth-order valence-electron chi connectivity index (χ4n) is 2.92. The van der Waals surface area contributed by atoms with Crippen molar-refractivity contribution in [2.75, 3.05) is 19.0 Å². The van der Waals surface area contributed by atoms with E-state index in [1.165, 1.54) is 13.2 Å². The first-order valence-corrected chi connectivity index (χ1v) is 10.8. The molecule has 31 heavy (non-hydrogen) atoms. The quantitative estimate of drug-likeness (QED) is 0.425. The van der Waals surface area contributed by atoms with E-state index < -0.39 is 23.6 Å². The van der Waals surface area contributed by atoms with Gasteiger partial charge in [-0.1, -0.05) is 18.2 Å². The molecule has 2 N–H and O–H groups in total. The number of carbonyl (C=O) groups excluding carboxylic acids is 3. The molecule has 7 nitrogen and oxygen atoms in total. The lowest BCUT2D eigenvalue weighted by Crippen LogP contribution is -2.36. The van der Waals surface area contributed by atoms with E-state index in [-0.39, 0.29) is 16.4 Å². The maximum Gasteiger partial charge on any atom is 0.294 e. The fourth-order valence-corrected chi connectivity index (χ4v) is 4.15. The molecule has 0 aliphatic carbocycles. The van der Waals surface area contributed by atoms with Crippen molar-refractivity contribution in [3.05, 3.63) is 69.6 Å². The van der Waals surface area contributed by atoms with Crippen molar-refractivity contribution in [2.45, 2.75) is 6.42 Å². The van der Waals surface area contributed by atoms with Crippen LogP contribution in [0.25, 0.3) is 6.08 Å². The Morgan fingerprint density at radius 2 is 2.06 bits per heavy atom. The number of allylic oxidation sites excluding steroid dienone is 1. The second kappa shape index (κ2) is 9.84. The van der Waals surface area contributed by atoms with E-state index in [0.29, 0.717) is 27.7 Å². The van der Waals surface area contributed by atoms with Gasteiger partial charge in [-0.2, -0.15) is 0 Å². The van der Waals surface area contributed by atoms with Crippen LogP contribution in [0.15, 0.2) is 58.4 Å². The second-order valence-electron chi connectivity index (χ2n) is 6.52. The third-order valence-corrected chi connectivity index (χ3v) is 5.98. The minimum atomic E-state index is -0.561. The third-order valence-electron chi connectivity index (χ3n) is 4.38. The molecule has 1 aliphatic heterocycles. The number of aromatic hydroxyl groups is 1. The number of amides is 3. The smallest absolute Gasteiger partial charge is 0.294 e. The maximum atomic E-state index is 12.7. The summed E-state index contributed by atoms with van der Waals surface area (Å²) < 4.78 is 5.87. The predicted molar refractivity (Wildman–Crippen MR) is 124 cm³/mol. The van der Waals surface area contributed by atoms with E-state index >= 15 is 0 Å². The molecule has 160 valence electrons. The molecule has 0 spiro atoms. The van der Waals surface area contributed by atoms with Crippen LogP contribution in [0.5, 0.6) is 11.5 Å². The average molecular weight is 503 g/mol. The number of carbonyl (C=O) groups is 3. The SMILES string of the molecule is C=CCc1cc(/C=C2\SC(=O)N(CC(=O)Nc3ccccc3Br)C2=O)cc(OC)c1O. The number of rotatable bonds is 7. The number of hydrogen-bond acceptors (Lipinski definition) is 6. The summed E-state index contributed by atoms with van der Waals surface area (Å²) in [5, 5.41) is 12.3. The van der Waals surface area contributed by atoms with Gasteiger partial charge in [-0.15, -0.1) is 6.58 Å². The molecule has 0 saturated carbocycles. The molecule has 2 aromatic rings. The largest absolute Gasteiger partial charge is 0.504 e. The highest BCUT2D eigenvalue weighted by Crippen LogP contribution is 2.36. The Morgan fingerprint density at radius 3 is 2.74 bits per heavy atom. The van der Waals surface area contributed by atoms with E-state index in [0.717, 1.165) is 16.7 Å². The minimum absolute atomic E-state index is 0.00333. The van der Waals surface area contributed by atoms with Crippen LogP contribution in [-0.2, 0) is 16.0 Å². The maximum absolute atomic E-state index is 12.7. The van der Waals surface area contributed by atoms with Gasteiger partial charge in [-0.05, 0) is 70.0 Å². The molecule has 3 amide bonds. The van der Waals surface area contributed by atoms with Crippen LogP contribution >= 0.6 is 27.7 Å². The zero-order valence-electron chi connectivity index (χ0n) is 16.6. The number of anilines is 1. The van der Waals surface area contributed by atoms with Crippen molar-refractivity contribution in [3.8, 4) is 11.5 Å². The number of ether oxygens (including phenoxy) is 1. The minimum Gasteiger partial charge on any atom is -0.504 e. The number of methoxy groups -OCH3 is 1. The Bertz CT molecular complexity index is 1100. The van der Waals surface area contributed by atoms with Crippen molar-refractivity contribution in [1.29, 1.82) is 0 Å². The van der Waals surface area contributed by atoms with Gasteiger partial charge in [0.05, 0.1) is 17.7 Å². The van der Waals surface area contributed by atoms with Crippen LogP contribution in [0, 0.1) is 0 Å². The Hall–Kier alpha value is -3.04. The molecule has 3 rings (SSSR count). The summed E-state index contributed by atoms with van der Waals surface area (Å²) in [6.45, 7) is 3.26. The molecule has 1 saturated heterocycles. The number of nitrogens with one attached hydrogen (secondary N) is 1. The molecule has 0 radical (unpaired) electrons. The highest BCUT2D eigenvalue weighted by atomic mass is 79.9. The first kappa shape index (κ1) is 22.6. The van der Waals surface area contributed by atoms with E-state index in [2.05, 4.69) is 27.8 Å². The molecule has 0 atom stereocenters. The van der Waals surface area contributed by atoms with Gasteiger partial charge in [0, 0.05) is 10.0 Å². The van der Waals surface area contributed by atoms with Crippen molar-refractivity contribution < 1.29 is 24.2 Å². The number of thioether (sulfide) groups is 1. The second-order valence-corrected chi connectivity index (χ2v) is 8.37. The predicted octanol–water partition coefficient (Wildman–Crippen LogP) is 4.57. The number of benzene rings is 2. The van der Waals surface area contributed by atoms with Gasteiger partial charge in [0.25, 0.3) is 11.1 Å². The van der Waals surface area contributed by atoms with Crippen molar-refractivity contribution in [3.63, 3.8) is 0 Å². The molecule has 0 unspecified atom stereocenters. The summed E-state index contributed by atoms with van der Waals surface area (Å²) in [7, 11) is 1.42. The van der Waals surface area contributed by atoms with Crippen LogP contribution in [-0.4, -0.2) is 40.7 Å². The molecule has 0 bridgehead atoms. The highest BCUT2D eigenvalue weighted by molar-refractivity contribution is 9.10. The number of para-hydroxylation sites is 1. The lowest BCUT2D eigenvalue weighted by molar-refractivity contribution is -0.127. The Morgan fingerprint density at radius 1 is 1.32 bits per heavy atom. The highest BCUT2D eigenvalue weighted by Gasteiger charge is 2.36. The average Bonchev–Trinajstić information content (AvgIpc) is 2.99. The third kappa shape index (κ3) is 5.18. The zero-order valence-corrected chi connectivity index (χ0v) is 19.0. The van der Waals surface area contributed by atoms with Crippen molar-refractivity contribution in [1.82, 2.24) is 4.90 Å². The van der Waals surface area contributed by atoms with E-state index in [1.807, 2.05) is 0 Å². The van der Waals surface area contributed by atoms with E-state index in [9.17, 15) is 19.5 Å². The monoisotopic (exact) mass is 502 g/mol. The number of hydrogen-bond donors (Lipinski definition) is 2. The first-order valence-electron chi connectivity index (χ1n) is 9.14. The van der Waals surface area contributed by atoms with Crippen molar-refractivity contribution >= 4 is 56.5 Å². The van der Waals surface area contributed by atoms with Crippen LogP contribution < -0.4 is 10.1 Å². The van der Waals surface area contributed by atoms with Gasteiger partial charge in [0.2, 0.25) is 5.91 Å².